The highest BCUT2D eigenvalue weighted by molar-refractivity contribution is 5.98. The van der Waals surface area contributed by atoms with Gasteiger partial charge in [-0.2, -0.15) is 5.26 Å². The molecule has 30 heavy (non-hydrogen) atoms. The average molecular weight is 403 g/mol. The lowest BCUT2D eigenvalue weighted by Gasteiger charge is -2.36. The number of nitrogens with zero attached hydrogens (tertiary/aromatic N) is 4. The molecule has 152 valence electrons. The molecule has 8 heteroatoms. The van der Waals surface area contributed by atoms with Gasteiger partial charge in [0.2, 0.25) is 11.8 Å². The van der Waals surface area contributed by atoms with E-state index in [2.05, 4.69) is 11.0 Å². The summed E-state index contributed by atoms with van der Waals surface area (Å²) in [4.78, 5) is 28.3. The molecule has 0 saturated carbocycles. The lowest BCUT2D eigenvalue weighted by molar-refractivity contribution is 0.0744. The first-order valence-electron chi connectivity index (χ1n) is 9.60. The SMILES string of the molecule is Cc1oc(-n2cccc2)c(C#N)c1C(=O)N1CCN(c2ccc(C(N)=O)cc2)CC1. The molecule has 1 aliphatic rings. The molecule has 8 nitrogen and oxygen atoms in total. The van der Waals surface area contributed by atoms with Crippen LogP contribution in [-0.4, -0.2) is 47.5 Å². The number of hydrogen-bond acceptors (Lipinski definition) is 5. The molecule has 0 spiro atoms. The molecule has 1 saturated heterocycles. The Kier molecular flexibility index (Phi) is 5.02. The second kappa shape index (κ2) is 7.79. The fraction of sp³-hybridized carbons (Fsp3) is 0.227. The Morgan fingerprint density at radius 3 is 2.27 bits per heavy atom. The predicted molar refractivity (Wildman–Crippen MR) is 111 cm³/mol. The van der Waals surface area contributed by atoms with Crippen LogP contribution < -0.4 is 10.6 Å². The van der Waals surface area contributed by atoms with E-state index in [1.807, 2.05) is 24.3 Å². The monoisotopic (exact) mass is 403 g/mol. The first-order valence-corrected chi connectivity index (χ1v) is 9.60. The van der Waals surface area contributed by atoms with Crippen LogP contribution in [0.5, 0.6) is 0 Å². The number of aromatic nitrogens is 1. The molecule has 3 heterocycles. The summed E-state index contributed by atoms with van der Waals surface area (Å²) in [5, 5.41) is 9.68. The number of carbonyl (C=O) groups is 2. The van der Waals surface area contributed by atoms with Crippen molar-refractivity contribution < 1.29 is 14.0 Å². The van der Waals surface area contributed by atoms with E-state index in [1.165, 1.54) is 0 Å². The second-order valence-electron chi connectivity index (χ2n) is 7.11. The van der Waals surface area contributed by atoms with E-state index < -0.39 is 5.91 Å². The summed E-state index contributed by atoms with van der Waals surface area (Å²) in [7, 11) is 0. The number of furan rings is 1. The van der Waals surface area contributed by atoms with Crippen LogP contribution in [-0.2, 0) is 0 Å². The summed E-state index contributed by atoms with van der Waals surface area (Å²) >= 11 is 0. The molecule has 3 aromatic rings. The van der Waals surface area contributed by atoms with E-state index in [0.717, 1.165) is 5.69 Å². The van der Waals surface area contributed by atoms with Crippen molar-refractivity contribution >= 4 is 17.5 Å². The Labute approximate surface area is 173 Å². The van der Waals surface area contributed by atoms with Crippen LogP contribution in [0.25, 0.3) is 5.88 Å². The zero-order valence-corrected chi connectivity index (χ0v) is 16.5. The van der Waals surface area contributed by atoms with Gasteiger partial charge in [-0.1, -0.05) is 0 Å². The van der Waals surface area contributed by atoms with Gasteiger partial charge in [0.1, 0.15) is 23.0 Å². The molecule has 0 bridgehead atoms. The minimum absolute atomic E-state index is 0.199. The van der Waals surface area contributed by atoms with Crippen molar-refractivity contribution in [2.75, 3.05) is 31.1 Å². The number of benzene rings is 1. The van der Waals surface area contributed by atoms with Gasteiger partial charge in [0.05, 0.1) is 0 Å². The van der Waals surface area contributed by atoms with Crippen LogP contribution in [0.15, 0.2) is 53.2 Å². The zero-order chi connectivity index (χ0) is 21.3. The number of amides is 2. The van der Waals surface area contributed by atoms with E-state index in [4.69, 9.17) is 10.2 Å². The third-order valence-corrected chi connectivity index (χ3v) is 5.31. The summed E-state index contributed by atoms with van der Waals surface area (Å²) in [6.07, 6.45) is 3.55. The van der Waals surface area contributed by atoms with Crippen LogP contribution in [0, 0.1) is 18.3 Å². The van der Waals surface area contributed by atoms with Gasteiger partial charge in [0, 0.05) is 49.8 Å². The number of anilines is 1. The van der Waals surface area contributed by atoms with Crippen LogP contribution in [0.3, 0.4) is 0 Å². The molecule has 2 amide bonds. The van der Waals surface area contributed by atoms with Gasteiger partial charge in [-0.3, -0.25) is 14.2 Å². The fourth-order valence-electron chi connectivity index (χ4n) is 3.71. The number of carbonyl (C=O) groups excluding carboxylic acids is 2. The fourth-order valence-corrected chi connectivity index (χ4v) is 3.71. The first-order chi connectivity index (χ1) is 14.5. The molecular weight excluding hydrogens is 382 g/mol. The quantitative estimate of drug-likeness (QED) is 0.719. The van der Waals surface area contributed by atoms with Crippen molar-refractivity contribution in [2.24, 2.45) is 5.73 Å². The second-order valence-corrected chi connectivity index (χ2v) is 7.11. The van der Waals surface area contributed by atoms with Crippen LogP contribution in [0.4, 0.5) is 5.69 Å². The van der Waals surface area contributed by atoms with Gasteiger partial charge in [-0.25, -0.2) is 0 Å². The van der Waals surface area contributed by atoms with Crippen LogP contribution >= 0.6 is 0 Å². The Morgan fingerprint density at radius 2 is 1.70 bits per heavy atom. The summed E-state index contributed by atoms with van der Waals surface area (Å²) in [6.45, 7) is 4.03. The molecule has 1 aliphatic heterocycles. The standard InChI is InChI=1S/C22H21N5O3/c1-15-19(18(14-23)22(30-15)27-8-2-3-9-27)21(29)26-12-10-25(11-13-26)17-6-4-16(5-7-17)20(24)28/h2-9H,10-13H2,1H3,(H2,24,28). The van der Waals surface area contributed by atoms with Gasteiger partial charge in [0.15, 0.2) is 0 Å². The van der Waals surface area contributed by atoms with Crippen LogP contribution in [0.1, 0.15) is 32.0 Å². The van der Waals surface area contributed by atoms with Crippen molar-refractivity contribution in [2.45, 2.75) is 6.92 Å². The molecule has 0 atom stereocenters. The largest absolute Gasteiger partial charge is 0.443 e. The molecule has 1 aromatic carbocycles. The maximum absolute atomic E-state index is 13.2. The number of piperazine rings is 1. The highest BCUT2D eigenvalue weighted by Gasteiger charge is 2.30. The highest BCUT2D eigenvalue weighted by Crippen LogP contribution is 2.27. The highest BCUT2D eigenvalue weighted by atomic mass is 16.4. The topological polar surface area (TPSA) is 108 Å². The van der Waals surface area contributed by atoms with Crippen molar-refractivity contribution in [1.82, 2.24) is 9.47 Å². The number of hydrogen-bond donors (Lipinski definition) is 1. The third kappa shape index (κ3) is 3.42. The van der Waals surface area contributed by atoms with Gasteiger partial charge >= 0.3 is 0 Å². The molecule has 0 radical (unpaired) electrons. The summed E-state index contributed by atoms with van der Waals surface area (Å²) in [5.41, 5.74) is 7.29. The third-order valence-electron chi connectivity index (χ3n) is 5.31. The van der Waals surface area contributed by atoms with Crippen molar-refractivity contribution in [3.05, 3.63) is 71.2 Å². The van der Waals surface area contributed by atoms with Gasteiger partial charge in [-0.05, 0) is 43.3 Å². The minimum atomic E-state index is -0.458. The number of nitrogens with two attached hydrogens (primary N) is 1. The smallest absolute Gasteiger partial charge is 0.258 e. The molecular formula is C22H21N5O3. The van der Waals surface area contributed by atoms with Gasteiger partial charge in [0.25, 0.3) is 5.91 Å². The maximum atomic E-state index is 13.2. The van der Waals surface area contributed by atoms with E-state index in [1.54, 1.807) is 40.9 Å². The summed E-state index contributed by atoms with van der Waals surface area (Å²) < 4.78 is 7.45. The Hall–Kier alpha value is -3.99. The minimum Gasteiger partial charge on any atom is -0.443 e. The number of aryl methyl sites for hydroxylation is 1. The molecule has 2 aromatic heterocycles. The first kappa shape index (κ1) is 19.3. The van der Waals surface area contributed by atoms with Crippen molar-refractivity contribution in [1.29, 1.82) is 5.26 Å². The average Bonchev–Trinajstić information content (AvgIpc) is 3.41. The number of primary amides is 1. The Bertz CT molecular complexity index is 1110. The Morgan fingerprint density at radius 1 is 1.07 bits per heavy atom. The summed E-state index contributed by atoms with van der Waals surface area (Å²) in [6, 6.07) is 12.9. The van der Waals surface area contributed by atoms with E-state index in [0.29, 0.717) is 49.0 Å². The van der Waals surface area contributed by atoms with Gasteiger partial charge < -0.3 is 20.0 Å². The normalized spacial score (nSPS) is 13.9. The molecule has 0 aliphatic carbocycles. The van der Waals surface area contributed by atoms with Crippen molar-refractivity contribution in [3.8, 4) is 12.0 Å². The lowest BCUT2D eigenvalue weighted by Crippen LogP contribution is -2.49. The molecule has 4 rings (SSSR count). The zero-order valence-electron chi connectivity index (χ0n) is 16.5. The van der Waals surface area contributed by atoms with E-state index >= 15 is 0 Å². The van der Waals surface area contributed by atoms with E-state index in [-0.39, 0.29) is 11.5 Å². The maximum Gasteiger partial charge on any atom is 0.258 e. The Balaban J connectivity index is 1.50. The lowest BCUT2D eigenvalue weighted by atomic mass is 10.1. The predicted octanol–water partition coefficient (Wildman–Crippen LogP) is 2.31. The molecule has 0 unspecified atom stereocenters. The molecule has 2 N–H and O–H groups in total. The number of nitriles is 1. The van der Waals surface area contributed by atoms with Crippen LogP contribution in [0.2, 0.25) is 0 Å². The van der Waals surface area contributed by atoms with Gasteiger partial charge in [-0.15, -0.1) is 0 Å². The summed E-state index contributed by atoms with van der Waals surface area (Å²) in [5.74, 6) is 0.135. The van der Waals surface area contributed by atoms with E-state index in [9.17, 15) is 14.9 Å². The number of rotatable bonds is 4. The van der Waals surface area contributed by atoms with Crippen molar-refractivity contribution in [3.63, 3.8) is 0 Å². The molecule has 1 fully saturated rings.